The van der Waals surface area contributed by atoms with Gasteiger partial charge in [0.15, 0.2) is 0 Å². The first-order valence-electron chi connectivity index (χ1n) is 10.2. The van der Waals surface area contributed by atoms with Crippen molar-refractivity contribution in [1.82, 2.24) is 9.88 Å². The number of nitrogens with zero attached hydrogens (tertiary/aromatic N) is 3. The number of benzene rings is 1. The van der Waals surface area contributed by atoms with Crippen molar-refractivity contribution in [3.8, 4) is 9.88 Å². The monoisotopic (exact) mass is 441 g/mol. The Balaban J connectivity index is 1.57. The fourth-order valence-electron chi connectivity index (χ4n) is 3.62. The second kappa shape index (κ2) is 9.29. The number of hydrogen-bond acceptors (Lipinski definition) is 6. The molecule has 1 aromatic carbocycles. The summed E-state index contributed by atoms with van der Waals surface area (Å²) in [7, 11) is 4.06. The zero-order chi connectivity index (χ0) is 21.1. The predicted octanol–water partition coefficient (Wildman–Crippen LogP) is 5.07. The van der Waals surface area contributed by atoms with Crippen LogP contribution in [-0.2, 0) is 11.3 Å². The number of hydrogen-bond donors (Lipinski definition) is 0. The van der Waals surface area contributed by atoms with Crippen molar-refractivity contribution in [3.63, 3.8) is 0 Å². The zero-order valence-corrected chi connectivity index (χ0v) is 19.3. The highest BCUT2D eigenvalue weighted by Crippen LogP contribution is 2.32. The van der Waals surface area contributed by atoms with Crippen LogP contribution >= 0.6 is 22.7 Å². The van der Waals surface area contributed by atoms with E-state index < -0.39 is 0 Å². The molecule has 1 unspecified atom stereocenters. The number of anilines is 1. The summed E-state index contributed by atoms with van der Waals surface area (Å²) in [5, 5.41) is 2.95. The topological polar surface area (TPSA) is 45.7 Å². The lowest BCUT2D eigenvalue weighted by Crippen LogP contribution is -2.36. The number of rotatable bonds is 7. The second-order valence-electron chi connectivity index (χ2n) is 7.79. The third-order valence-electron chi connectivity index (χ3n) is 5.28. The molecule has 1 amide bonds. The minimum Gasteiger partial charge on any atom is -0.378 e. The van der Waals surface area contributed by atoms with Crippen molar-refractivity contribution in [2.75, 3.05) is 32.1 Å². The number of aromatic nitrogens is 1. The van der Waals surface area contributed by atoms with Gasteiger partial charge in [-0.05, 0) is 48.9 Å². The summed E-state index contributed by atoms with van der Waals surface area (Å²) in [6.07, 6.45) is 2.18. The van der Waals surface area contributed by atoms with Gasteiger partial charge in [-0.1, -0.05) is 18.2 Å². The van der Waals surface area contributed by atoms with Crippen LogP contribution in [0.5, 0.6) is 0 Å². The normalized spacial score (nSPS) is 16.0. The first kappa shape index (κ1) is 21.0. The average Bonchev–Trinajstić information content (AvgIpc) is 3.49. The quantitative estimate of drug-likeness (QED) is 0.514. The molecule has 0 bridgehead atoms. The van der Waals surface area contributed by atoms with Gasteiger partial charge in [-0.3, -0.25) is 4.79 Å². The summed E-state index contributed by atoms with van der Waals surface area (Å²) in [5.74, 6) is 0.0417. The molecule has 0 radical (unpaired) electrons. The summed E-state index contributed by atoms with van der Waals surface area (Å²) in [6.45, 7) is 3.89. The van der Waals surface area contributed by atoms with E-state index in [-0.39, 0.29) is 12.0 Å². The Bertz CT molecular complexity index is 975. The Labute approximate surface area is 185 Å². The molecule has 1 atom stereocenters. The van der Waals surface area contributed by atoms with E-state index in [1.807, 2.05) is 43.4 Å². The summed E-state index contributed by atoms with van der Waals surface area (Å²) in [4.78, 5) is 24.1. The van der Waals surface area contributed by atoms with Gasteiger partial charge in [-0.15, -0.1) is 22.7 Å². The predicted molar refractivity (Wildman–Crippen MR) is 125 cm³/mol. The lowest BCUT2D eigenvalue weighted by atomic mass is 10.1. The number of carbonyl (C=O) groups excluding carboxylic acids is 1. The molecule has 4 rings (SSSR count). The summed E-state index contributed by atoms with van der Waals surface area (Å²) >= 11 is 3.14. The lowest BCUT2D eigenvalue weighted by Gasteiger charge is -2.25. The number of carbonyl (C=O) groups is 1. The SMILES string of the molecule is Cc1nc(-c2cccs2)sc1C(=O)N(Cc1ccc(N(C)C)cc1)CC1CCCO1. The van der Waals surface area contributed by atoms with Crippen molar-refractivity contribution in [3.05, 3.63) is 57.9 Å². The standard InChI is InChI=1S/C23H27N3O2S2/c1-16-21(30-22(24-16)20-7-5-13-29-20)23(27)26(15-19-6-4-12-28-19)14-17-8-10-18(11-9-17)25(2)3/h5,7-11,13,19H,4,6,12,14-15H2,1-3H3. The van der Waals surface area contributed by atoms with Crippen molar-refractivity contribution in [2.24, 2.45) is 0 Å². The molecule has 0 N–H and O–H groups in total. The summed E-state index contributed by atoms with van der Waals surface area (Å²) < 4.78 is 5.84. The van der Waals surface area contributed by atoms with Crippen LogP contribution in [0.4, 0.5) is 5.69 Å². The molecule has 0 spiro atoms. The van der Waals surface area contributed by atoms with Gasteiger partial charge in [-0.2, -0.15) is 0 Å². The van der Waals surface area contributed by atoms with Gasteiger partial charge < -0.3 is 14.5 Å². The van der Waals surface area contributed by atoms with E-state index >= 15 is 0 Å². The fourth-order valence-corrected chi connectivity index (χ4v) is 5.45. The Hall–Kier alpha value is -2.22. The van der Waals surface area contributed by atoms with Crippen LogP contribution in [0, 0.1) is 6.92 Å². The molecule has 158 valence electrons. The molecule has 1 aliphatic rings. The maximum Gasteiger partial charge on any atom is 0.266 e. The van der Waals surface area contributed by atoms with Gasteiger partial charge >= 0.3 is 0 Å². The highest BCUT2D eigenvalue weighted by molar-refractivity contribution is 7.22. The van der Waals surface area contributed by atoms with Crippen molar-refractivity contribution in [2.45, 2.75) is 32.4 Å². The molecule has 1 saturated heterocycles. The molecule has 3 aromatic rings. The smallest absolute Gasteiger partial charge is 0.266 e. The van der Waals surface area contributed by atoms with E-state index in [4.69, 9.17) is 4.74 Å². The lowest BCUT2D eigenvalue weighted by molar-refractivity contribution is 0.0510. The minimum atomic E-state index is 0.0417. The summed E-state index contributed by atoms with van der Waals surface area (Å²) in [5.41, 5.74) is 3.07. The molecule has 3 heterocycles. The van der Waals surface area contributed by atoms with Gasteiger partial charge in [0, 0.05) is 39.5 Å². The highest BCUT2D eigenvalue weighted by atomic mass is 32.1. The zero-order valence-electron chi connectivity index (χ0n) is 17.6. The maximum absolute atomic E-state index is 13.6. The van der Waals surface area contributed by atoms with E-state index in [9.17, 15) is 4.79 Å². The Morgan fingerprint density at radius 1 is 1.23 bits per heavy atom. The first-order valence-corrected chi connectivity index (χ1v) is 11.9. The van der Waals surface area contributed by atoms with Crippen LogP contribution in [0.1, 0.15) is 33.8 Å². The van der Waals surface area contributed by atoms with Gasteiger partial charge in [-0.25, -0.2) is 4.98 Å². The molecule has 7 heteroatoms. The molecule has 1 fully saturated rings. The van der Waals surface area contributed by atoms with Gasteiger partial charge in [0.2, 0.25) is 0 Å². The van der Waals surface area contributed by atoms with E-state index in [0.29, 0.717) is 13.1 Å². The highest BCUT2D eigenvalue weighted by Gasteiger charge is 2.27. The van der Waals surface area contributed by atoms with E-state index in [1.165, 1.54) is 11.3 Å². The van der Waals surface area contributed by atoms with Gasteiger partial charge in [0.05, 0.1) is 16.7 Å². The molecule has 30 heavy (non-hydrogen) atoms. The molecular weight excluding hydrogens is 414 g/mol. The number of amides is 1. The molecule has 0 saturated carbocycles. The van der Waals surface area contributed by atoms with E-state index in [2.05, 4.69) is 34.1 Å². The number of thiazole rings is 1. The van der Waals surface area contributed by atoms with E-state index in [0.717, 1.165) is 51.2 Å². The molecule has 0 aliphatic carbocycles. The Morgan fingerprint density at radius 2 is 2.03 bits per heavy atom. The molecule has 1 aliphatic heterocycles. The third-order valence-corrected chi connectivity index (χ3v) is 7.47. The molecular formula is C23H27N3O2S2. The van der Waals surface area contributed by atoms with E-state index in [1.54, 1.807) is 11.3 Å². The van der Waals surface area contributed by atoms with Gasteiger partial charge in [0.1, 0.15) is 9.88 Å². The second-order valence-corrected chi connectivity index (χ2v) is 9.74. The number of ether oxygens (including phenoxy) is 1. The first-order chi connectivity index (χ1) is 14.5. The third kappa shape index (κ3) is 4.74. The molecule has 5 nitrogen and oxygen atoms in total. The van der Waals surface area contributed by atoms with Crippen molar-refractivity contribution >= 4 is 34.3 Å². The Morgan fingerprint density at radius 3 is 2.67 bits per heavy atom. The van der Waals surface area contributed by atoms with Crippen LogP contribution in [-0.4, -0.2) is 49.1 Å². The van der Waals surface area contributed by atoms with Crippen LogP contribution in [0.2, 0.25) is 0 Å². The van der Waals surface area contributed by atoms with Crippen molar-refractivity contribution in [1.29, 1.82) is 0 Å². The van der Waals surface area contributed by atoms with Crippen molar-refractivity contribution < 1.29 is 9.53 Å². The van der Waals surface area contributed by atoms with Crippen LogP contribution in [0.25, 0.3) is 9.88 Å². The Kier molecular flexibility index (Phi) is 6.51. The largest absolute Gasteiger partial charge is 0.378 e. The average molecular weight is 442 g/mol. The van der Waals surface area contributed by atoms with Crippen LogP contribution in [0.3, 0.4) is 0 Å². The van der Waals surface area contributed by atoms with Crippen LogP contribution < -0.4 is 4.90 Å². The summed E-state index contributed by atoms with van der Waals surface area (Å²) in [6, 6.07) is 12.4. The van der Waals surface area contributed by atoms with Crippen LogP contribution in [0.15, 0.2) is 41.8 Å². The minimum absolute atomic E-state index is 0.0417. The number of aryl methyl sites for hydroxylation is 1. The maximum atomic E-state index is 13.6. The fraction of sp³-hybridized carbons (Fsp3) is 0.391. The number of thiophene rings is 1. The molecule has 2 aromatic heterocycles. The van der Waals surface area contributed by atoms with Gasteiger partial charge in [0.25, 0.3) is 5.91 Å².